The number of rotatable bonds is 2. The van der Waals surface area contributed by atoms with Gasteiger partial charge in [-0.2, -0.15) is 11.8 Å². The smallest absolute Gasteiger partial charge is 0.167 e. The van der Waals surface area contributed by atoms with Crippen molar-refractivity contribution in [2.45, 2.75) is 24.9 Å². The van der Waals surface area contributed by atoms with E-state index in [1.165, 1.54) is 0 Å². The van der Waals surface area contributed by atoms with Crippen LogP contribution in [0.25, 0.3) is 0 Å². The summed E-state index contributed by atoms with van der Waals surface area (Å²) in [4.78, 5) is 12.7. The molecule has 2 aliphatic heterocycles. The van der Waals surface area contributed by atoms with Crippen molar-refractivity contribution in [1.82, 2.24) is 0 Å². The van der Waals surface area contributed by atoms with E-state index in [1.807, 2.05) is 23.9 Å². The van der Waals surface area contributed by atoms with E-state index in [-0.39, 0.29) is 17.3 Å². The molecule has 3 rings (SSSR count). The van der Waals surface area contributed by atoms with E-state index >= 15 is 0 Å². The molecule has 1 aromatic carbocycles. The molecule has 0 aromatic heterocycles. The van der Waals surface area contributed by atoms with Gasteiger partial charge in [0.25, 0.3) is 0 Å². The molecule has 2 heterocycles. The van der Waals surface area contributed by atoms with Gasteiger partial charge in [-0.1, -0.05) is 27.5 Å². The third-order valence-corrected chi connectivity index (χ3v) is 6.16. The monoisotopic (exact) mass is 374 g/mol. The van der Waals surface area contributed by atoms with Gasteiger partial charge < -0.3 is 4.74 Å². The highest BCUT2D eigenvalue weighted by atomic mass is 79.9. The van der Waals surface area contributed by atoms with Gasteiger partial charge in [0.05, 0.1) is 10.6 Å². The molecule has 0 saturated carbocycles. The molecule has 1 spiro atoms. The summed E-state index contributed by atoms with van der Waals surface area (Å²) < 4.78 is 6.88. The van der Waals surface area contributed by atoms with Crippen molar-refractivity contribution in [2.75, 3.05) is 18.1 Å². The largest absolute Gasteiger partial charge is 0.374 e. The van der Waals surface area contributed by atoms with E-state index in [9.17, 15) is 4.79 Å². The first-order chi connectivity index (χ1) is 9.60. The molecule has 108 valence electrons. The van der Waals surface area contributed by atoms with Crippen LogP contribution in [0.1, 0.15) is 29.6 Å². The molecule has 2 saturated heterocycles. The first-order valence-corrected chi connectivity index (χ1v) is 9.13. The normalized spacial score (nSPS) is 29.8. The van der Waals surface area contributed by atoms with E-state index in [2.05, 4.69) is 15.9 Å². The maximum Gasteiger partial charge on any atom is 0.167 e. The van der Waals surface area contributed by atoms with E-state index in [0.717, 1.165) is 35.2 Å². The second kappa shape index (κ2) is 5.99. The summed E-state index contributed by atoms with van der Waals surface area (Å²) in [6, 6.07) is 5.48. The zero-order chi connectivity index (χ0) is 14.2. The first-order valence-electron chi connectivity index (χ1n) is 6.81. The minimum atomic E-state index is -0.0644. The van der Waals surface area contributed by atoms with Gasteiger partial charge in [-0.15, -0.1) is 0 Å². The van der Waals surface area contributed by atoms with Gasteiger partial charge in [-0.3, -0.25) is 4.79 Å². The Morgan fingerprint density at radius 1 is 1.50 bits per heavy atom. The molecule has 2 fully saturated rings. The van der Waals surface area contributed by atoms with Gasteiger partial charge in [0.2, 0.25) is 0 Å². The maximum atomic E-state index is 12.7. The molecule has 2 nitrogen and oxygen atoms in total. The Kier molecular flexibility index (Phi) is 4.46. The van der Waals surface area contributed by atoms with Gasteiger partial charge in [0.1, 0.15) is 0 Å². The number of ether oxygens (including phenoxy) is 1. The topological polar surface area (TPSA) is 26.3 Å². The number of hydrogen-bond donors (Lipinski definition) is 0. The predicted octanol–water partition coefficient (Wildman–Crippen LogP) is 4.59. The van der Waals surface area contributed by atoms with Crippen LogP contribution in [0, 0.1) is 5.92 Å². The van der Waals surface area contributed by atoms with Gasteiger partial charge >= 0.3 is 0 Å². The fourth-order valence-electron chi connectivity index (χ4n) is 3.02. The third-order valence-electron chi connectivity index (χ3n) is 4.13. The number of carbonyl (C=O) groups excluding carboxylic acids is 1. The van der Waals surface area contributed by atoms with Crippen LogP contribution in [-0.2, 0) is 4.74 Å². The zero-order valence-electron chi connectivity index (χ0n) is 11.0. The lowest BCUT2D eigenvalue weighted by molar-refractivity contribution is -0.0734. The second-order valence-corrected chi connectivity index (χ2v) is 7.94. The molecule has 2 unspecified atom stereocenters. The van der Waals surface area contributed by atoms with Crippen molar-refractivity contribution in [3.05, 3.63) is 33.3 Å². The summed E-state index contributed by atoms with van der Waals surface area (Å²) in [5.74, 6) is 2.37. The summed E-state index contributed by atoms with van der Waals surface area (Å²) in [5.41, 5.74) is 0.577. The Labute approximate surface area is 136 Å². The lowest BCUT2D eigenvalue weighted by atomic mass is 9.81. The zero-order valence-corrected chi connectivity index (χ0v) is 14.2. The fourth-order valence-corrected chi connectivity index (χ4v) is 5.17. The summed E-state index contributed by atoms with van der Waals surface area (Å²) in [7, 11) is 0. The SMILES string of the molecule is O=C(c1ccc(Br)cc1Cl)C1CCOC2(CCSC2)C1. The van der Waals surface area contributed by atoms with Crippen molar-refractivity contribution in [3.8, 4) is 0 Å². The van der Waals surface area contributed by atoms with Crippen LogP contribution in [0.2, 0.25) is 5.02 Å². The Bertz CT molecular complexity index is 529. The maximum absolute atomic E-state index is 12.7. The molecule has 20 heavy (non-hydrogen) atoms. The number of halogens is 2. The summed E-state index contributed by atoms with van der Waals surface area (Å²) in [6.07, 6.45) is 2.71. The number of ketones is 1. The van der Waals surface area contributed by atoms with E-state index in [0.29, 0.717) is 17.2 Å². The van der Waals surface area contributed by atoms with Gasteiger partial charge in [0, 0.05) is 28.3 Å². The number of hydrogen-bond acceptors (Lipinski definition) is 3. The fraction of sp³-hybridized carbons (Fsp3) is 0.533. The summed E-state index contributed by atoms with van der Waals surface area (Å²) in [6.45, 7) is 0.686. The van der Waals surface area contributed by atoms with Crippen molar-refractivity contribution >= 4 is 45.1 Å². The summed E-state index contributed by atoms with van der Waals surface area (Å²) in [5, 5.41) is 0.533. The van der Waals surface area contributed by atoms with Crippen LogP contribution >= 0.6 is 39.3 Å². The lowest BCUT2D eigenvalue weighted by Crippen LogP contribution is -2.42. The average molecular weight is 376 g/mol. The van der Waals surface area contributed by atoms with Crippen molar-refractivity contribution in [2.24, 2.45) is 5.92 Å². The second-order valence-electron chi connectivity index (χ2n) is 5.51. The van der Waals surface area contributed by atoms with Gasteiger partial charge in [-0.25, -0.2) is 0 Å². The number of carbonyl (C=O) groups is 1. The molecule has 0 N–H and O–H groups in total. The Morgan fingerprint density at radius 3 is 3.05 bits per heavy atom. The van der Waals surface area contributed by atoms with Gasteiger partial charge in [-0.05, 0) is 43.2 Å². The molecule has 2 aliphatic rings. The molecule has 0 bridgehead atoms. The van der Waals surface area contributed by atoms with Crippen LogP contribution in [0.5, 0.6) is 0 Å². The minimum Gasteiger partial charge on any atom is -0.374 e. The van der Waals surface area contributed by atoms with E-state index < -0.39 is 0 Å². The van der Waals surface area contributed by atoms with Gasteiger partial charge in [0.15, 0.2) is 5.78 Å². The van der Waals surface area contributed by atoms with E-state index in [1.54, 1.807) is 6.07 Å². The van der Waals surface area contributed by atoms with Crippen LogP contribution in [-0.4, -0.2) is 29.5 Å². The quantitative estimate of drug-likeness (QED) is 0.707. The van der Waals surface area contributed by atoms with Crippen LogP contribution in [0.3, 0.4) is 0 Å². The van der Waals surface area contributed by atoms with Crippen LogP contribution < -0.4 is 0 Å². The standard InChI is InChI=1S/C15H16BrClO2S/c16-11-1-2-12(13(17)7-11)14(18)10-3-5-19-15(8-10)4-6-20-9-15/h1-2,7,10H,3-6,8-9H2. The molecular formula is C15H16BrClO2S. The first kappa shape index (κ1) is 14.9. The molecule has 0 aliphatic carbocycles. The van der Waals surface area contributed by atoms with Crippen molar-refractivity contribution in [1.29, 1.82) is 0 Å². The van der Waals surface area contributed by atoms with Crippen molar-refractivity contribution < 1.29 is 9.53 Å². The Hall–Kier alpha value is -0.0300. The molecule has 5 heteroatoms. The highest BCUT2D eigenvalue weighted by Gasteiger charge is 2.42. The Balaban J connectivity index is 1.79. The number of thioether (sulfide) groups is 1. The molecule has 0 amide bonds. The van der Waals surface area contributed by atoms with E-state index in [4.69, 9.17) is 16.3 Å². The minimum absolute atomic E-state index is 0.0427. The average Bonchev–Trinajstić information content (AvgIpc) is 2.86. The van der Waals surface area contributed by atoms with Crippen molar-refractivity contribution in [3.63, 3.8) is 0 Å². The third kappa shape index (κ3) is 2.94. The molecule has 1 aromatic rings. The van der Waals surface area contributed by atoms with Crippen LogP contribution in [0.15, 0.2) is 22.7 Å². The molecule has 0 radical (unpaired) electrons. The number of benzene rings is 1. The summed E-state index contributed by atoms with van der Waals surface area (Å²) >= 11 is 11.5. The lowest BCUT2D eigenvalue weighted by Gasteiger charge is -2.37. The highest BCUT2D eigenvalue weighted by molar-refractivity contribution is 9.10. The van der Waals surface area contributed by atoms with Crippen LogP contribution in [0.4, 0.5) is 0 Å². The number of Topliss-reactive ketones (excluding diaryl/α,β-unsaturated/α-hetero) is 1. The Morgan fingerprint density at radius 2 is 2.35 bits per heavy atom. The predicted molar refractivity (Wildman–Crippen MR) is 86.8 cm³/mol. The molecular weight excluding hydrogens is 360 g/mol. The molecule has 2 atom stereocenters. The highest BCUT2D eigenvalue weighted by Crippen LogP contribution is 2.41.